The van der Waals surface area contributed by atoms with Crippen molar-refractivity contribution in [3.05, 3.63) is 46.7 Å². The second kappa shape index (κ2) is 8.98. The molecule has 0 aliphatic carbocycles. The zero-order valence-electron chi connectivity index (χ0n) is 12.2. The minimum absolute atomic E-state index is 0.166. The van der Waals surface area contributed by atoms with E-state index in [0.29, 0.717) is 11.4 Å². The monoisotopic (exact) mass is 346 g/mol. The number of nitriles is 1. The van der Waals surface area contributed by atoms with Gasteiger partial charge in [0.15, 0.2) is 6.61 Å². The van der Waals surface area contributed by atoms with Gasteiger partial charge in [0.25, 0.3) is 5.91 Å². The third kappa shape index (κ3) is 5.77. The highest BCUT2D eigenvalue weighted by Crippen LogP contribution is 2.26. The van der Waals surface area contributed by atoms with Gasteiger partial charge in [0.2, 0.25) is 0 Å². The molecule has 0 aliphatic rings. The fraction of sp³-hybridized carbons (Fsp3) is 0.188. The van der Waals surface area contributed by atoms with E-state index in [9.17, 15) is 9.59 Å². The molecule has 0 fully saturated rings. The lowest BCUT2D eigenvalue weighted by Gasteiger charge is -2.10. The molecule has 7 heteroatoms. The number of hydrogen-bond acceptors (Lipinski definition) is 6. The molecule has 2 rings (SSSR count). The summed E-state index contributed by atoms with van der Waals surface area (Å²) in [5.41, 5.74) is 0.604. The Hall–Kier alpha value is -2.30. The zero-order valence-corrected chi connectivity index (χ0v) is 13.8. The van der Waals surface area contributed by atoms with Crippen molar-refractivity contribution < 1.29 is 14.3 Å². The van der Waals surface area contributed by atoms with Crippen LogP contribution in [0.3, 0.4) is 0 Å². The molecule has 0 bridgehead atoms. The predicted molar refractivity (Wildman–Crippen MR) is 90.4 cm³/mol. The van der Waals surface area contributed by atoms with Crippen LogP contribution in [-0.4, -0.2) is 24.2 Å². The summed E-state index contributed by atoms with van der Waals surface area (Å²) in [6, 6.07) is 12.9. The first kappa shape index (κ1) is 17.1. The summed E-state index contributed by atoms with van der Waals surface area (Å²) in [6.45, 7) is -0.332. The molecule has 1 aromatic heterocycles. The average Bonchev–Trinajstić information content (AvgIpc) is 3.05. The number of nitrogens with zero attached hydrogens (tertiary/aromatic N) is 1. The Morgan fingerprint density at radius 2 is 2.09 bits per heavy atom. The van der Waals surface area contributed by atoms with Crippen molar-refractivity contribution in [2.24, 2.45) is 0 Å². The normalized spacial score (nSPS) is 9.87. The molecule has 0 atom stereocenters. The molecule has 0 unspecified atom stereocenters. The molecule has 0 saturated carbocycles. The lowest BCUT2D eigenvalue weighted by atomic mass is 10.3. The fourth-order valence-corrected chi connectivity index (χ4v) is 3.10. The first-order valence-electron chi connectivity index (χ1n) is 6.75. The van der Waals surface area contributed by atoms with Gasteiger partial charge < -0.3 is 10.1 Å². The van der Waals surface area contributed by atoms with Crippen molar-refractivity contribution in [1.29, 1.82) is 5.26 Å². The van der Waals surface area contributed by atoms with Crippen molar-refractivity contribution in [2.45, 2.75) is 11.3 Å². The highest BCUT2D eigenvalue weighted by atomic mass is 32.2. The van der Waals surface area contributed by atoms with Crippen molar-refractivity contribution >= 4 is 40.7 Å². The molecule has 23 heavy (non-hydrogen) atoms. The third-order valence-electron chi connectivity index (χ3n) is 2.72. The molecule has 2 aromatic rings. The number of amides is 1. The van der Waals surface area contributed by atoms with Gasteiger partial charge in [0.05, 0.1) is 23.9 Å². The van der Waals surface area contributed by atoms with E-state index in [1.807, 2.05) is 35.7 Å². The van der Waals surface area contributed by atoms with Crippen LogP contribution in [0.2, 0.25) is 0 Å². The summed E-state index contributed by atoms with van der Waals surface area (Å²) in [5, 5.41) is 13.2. The largest absolute Gasteiger partial charge is 0.455 e. The average molecular weight is 346 g/mol. The molecular weight excluding hydrogens is 332 g/mol. The molecule has 1 amide bonds. The Labute approximate surface area is 142 Å². The summed E-state index contributed by atoms with van der Waals surface area (Å²) in [4.78, 5) is 25.2. The molecule has 5 nitrogen and oxygen atoms in total. The van der Waals surface area contributed by atoms with Crippen molar-refractivity contribution in [3.8, 4) is 6.07 Å². The number of ether oxygens (including phenoxy) is 1. The van der Waals surface area contributed by atoms with Crippen LogP contribution in [-0.2, 0) is 20.7 Å². The SMILES string of the molecule is N#CCSc1ccccc1NC(=O)COC(=O)Cc1cccs1. The Morgan fingerprint density at radius 3 is 2.83 bits per heavy atom. The van der Waals surface area contributed by atoms with E-state index in [4.69, 9.17) is 10.00 Å². The first-order valence-corrected chi connectivity index (χ1v) is 8.62. The maximum absolute atomic E-state index is 11.9. The van der Waals surface area contributed by atoms with Gasteiger partial charge in [-0.15, -0.1) is 23.1 Å². The van der Waals surface area contributed by atoms with Crippen LogP contribution >= 0.6 is 23.1 Å². The topological polar surface area (TPSA) is 79.2 Å². The van der Waals surface area contributed by atoms with Crippen molar-refractivity contribution in [2.75, 3.05) is 17.7 Å². The molecule has 118 valence electrons. The maximum Gasteiger partial charge on any atom is 0.311 e. The van der Waals surface area contributed by atoms with E-state index in [1.54, 1.807) is 12.1 Å². The third-order valence-corrected chi connectivity index (χ3v) is 4.53. The molecule has 1 N–H and O–H groups in total. The number of hydrogen-bond donors (Lipinski definition) is 1. The standard InChI is InChI=1S/C16H14N2O3S2/c17-7-9-23-14-6-2-1-5-13(14)18-15(19)11-21-16(20)10-12-4-3-8-22-12/h1-6,8H,9-11H2,(H,18,19). The van der Waals surface area contributed by atoms with Gasteiger partial charge in [0.1, 0.15) is 0 Å². The van der Waals surface area contributed by atoms with Crippen LogP contribution in [0.25, 0.3) is 0 Å². The van der Waals surface area contributed by atoms with Gasteiger partial charge in [-0.25, -0.2) is 0 Å². The minimum Gasteiger partial charge on any atom is -0.455 e. The number of carbonyl (C=O) groups is 2. The van der Waals surface area contributed by atoms with Crippen LogP contribution in [0.4, 0.5) is 5.69 Å². The minimum atomic E-state index is -0.435. The smallest absolute Gasteiger partial charge is 0.311 e. The number of esters is 1. The Balaban J connectivity index is 1.83. The number of nitrogens with one attached hydrogen (secondary N) is 1. The summed E-state index contributed by atoms with van der Waals surface area (Å²) in [7, 11) is 0. The number of rotatable bonds is 7. The molecule has 1 heterocycles. The zero-order chi connectivity index (χ0) is 16.5. The fourth-order valence-electron chi connectivity index (χ4n) is 1.74. The van der Waals surface area contributed by atoms with Crippen LogP contribution < -0.4 is 5.32 Å². The number of carbonyl (C=O) groups excluding carboxylic acids is 2. The number of thiophene rings is 1. The van der Waals surface area contributed by atoms with Crippen LogP contribution in [0.15, 0.2) is 46.7 Å². The first-order chi connectivity index (χ1) is 11.2. The summed E-state index contributed by atoms with van der Waals surface area (Å²) in [6.07, 6.45) is 0.166. The van der Waals surface area contributed by atoms with Gasteiger partial charge >= 0.3 is 5.97 Å². The second-order valence-electron chi connectivity index (χ2n) is 4.41. The number of benzene rings is 1. The number of para-hydroxylation sites is 1. The van der Waals surface area contributed by atoms with E-state index in [0.717, 1.165) is 9.77 Å². The molecule has 0 aliphatic heterocycles. The van der Waals surface area contributed by atoms with Crippen molar-refractivity contribution in [1.82, 2.24) is 0 Å². The van der Waals surface area contributed by atoms with Gasteiger partial charge in [0, 0.05) is 9.77 Å². The molecule has 0 radical (unpaired) electrons. The summed E-state index contributed by atoms with van der Waals surface area (Å²) < 4.78 is 4.97. The van der Waals surface area contributed by atoms with Crippen LogP contribution in [0, 0.1) is 11.3 Å². The number of thioether (sulfide) groups is 1. The quantitative estimate of drug-likeness (QED) is 0.615. The van der Waals surface area contributed by atoms with Gasteiger partial charge in [-0.05, 0) is 23.6 Å². The summed E-state index contributed by atoms with van der Waals surface area (Å²) in [5.74, 6) is -0.549. The van der Waals surface area contributed by atoms with Crippen LogP contribution in [0.5, 0.6) is 0 Å². The lowest BCUT2D eigenvalue weighted by Crippen LogP contribution is -2.21. The molecule has 1 aromatic carbocycles. The van der Waals surface area contributed by atoms with E-state index < -0.39 is 11.9 Å². The Morgan fingerprint density at radius 1 is 1.26 bits per heavy atom. The number of anilines is 1. The van der Waals surface area contributed by atoms with E-state index in [1.165, 1.54) is 23.1 Å². The summed E-state index contributed by atoms with van der Waals surface area (Å²) >= 11 is 2.80. The molecule has 0 spiro atoms. The van der Waals surface area contributed by atoms with E-state index in [-0.39, 0.29) is 13.0 Å². The predicted octanol–water partition coefficient (Wildman–Crippen LogP) is 3.09. The van der Waals surface area contributed by atoms with E-state index in [2.05, 4.69) is 5.32 Å². The van der Waals surface area contributed by atoms with Crippen LogP contribution in [0.1, 0.15) is 4.88 Å². The lowest BCUT2D eigenvalue weighted by molar-refractivity contribution is -0.146. The molecular formula is C16H14N2O3S2. The molecule has 0 saturated heterocycles. The van der Waals surface area contributed by atoms with Gasteiger partial charge in [-0.3, -0.25) is 9.59 Å². The Bertz CT molecular complexity index is 708. The maximum atomic E-state index is 11.9. The van der Waals surface area contributed by atoms with Crippen molar-refractivity contribution in [3.63, 3.8) is 0 Å². The van der Waals surface area contributed by atoms with Gasteiger partial charge in [-0.1, -0.05) is 18.2 Å². The highest BCUT2D eigenvalue weighted by molar-refractivity contribution is 7.99. The Kier molecular flexibility index (Phi) is 6.66. The van der Waals surface area contributed by atoms with Gasteiger partial charge in [-0.2, -0.15) is 5.26 Å². The highest BCUT2D eigenvalue weighted by Gasteiger charge is 2.11. The van der Waals surface area contributed by atoms with E-state index >= 15 is 0 Å². The second-order valence-corrected chi connectivity index (χ2v) is 6.46.